The molecule has 0 aliphatic heterocycles. The third-order valence-corrected chi connectivity index (χ3v) is 4.25. The van der Waals surface area contributed by atoms with Crippen molar-refractivity contribution in [2.45, 2.75) is 25.8 Å². The minimum absolute atomic E-state index is 0.0904. The number of carbonyl (C=O) groups is 1. The predicted molar refractivity (Wildman–Crippen MR) is 101 cm³/mol. The minimum atomic E-state index is -0.402. The monoisotopic (exact) mass is 365 g/mol. The number of amides is 1. The van der Waals surface area contributed by atoms with Gasteiger partial charge in [0.15, 0.2) is 0 Å². The van der Waals surface area contributed by atoms with E-state index in [0.717, 1.165) is 5.56 Å². The number of halogens is 1. The van der Waals surface area contributed by atoms with E-state index in [4.69, 9.17) is 0 Å². The molecule has 0 fully saturated rings. The van der Waals surface area contributed by atoms with Gasteiger partial charge in [-0.2, -0.15) is 0 Å². The van der Waals surface area contributed by atoms with Crippen molar-refractivity contribution in [1.82, 2.24) is 15.3 Å². The zero-order valence-electron chi connectivity index (χ0n) is 14.9. The average Bonchev–Trinajstić information content (AvgIpc) is 2.65. The number of nitrogens with zero attached hydrogens (tertiary/aromatic N) is 1. The number of aromatic nitrogens is 2. The molecule has 138 valence electrons. The van der Waals surface area contributed by atoms with E-state index in [1.165, 1.54) is 12.1 Å². The third kappa shape index (κ3) is 4.88. The molecule has 1 aromatic heterocycles. The van der Waals surface area contributed by atoms with Crippen molar-refractivity contribution in [3.8, 4) is 0 Å². The first-order chi connectivity index (χ1) is 13.0. The molecule has 0 saturated carbocycles. The summed E-state index contributed by atoms with van der Waals surface area (Å²) in [6.07, 6.45) is 0.0904. The SMILES string of the molecule is Cc1nc(CNC(=O)C[C@H](c2ccccc2)c2ccccc2F)cc(=O)[nH]1. The van der Waals surface area contributed by atoms with Crippen molar-refractivity contribution in [2.75, 3.05) is 0 Å². The van der Waals surface area contributed by atoms with E-state index in [-0.39, 0.29) is 30.2 Å². The van der Waals surface area contributed by atoms with Gasteiger partial charge in [-0.05, 0) is 24.1 Å². The van der Waals surface area contributed by atoms with E-state index in [0.29, 0.717) is 17.1 Å². The number of nitrogens with one attached hydrogen (secondary N) is 2. The molecule has 0 radical (unpaired) electrons. The molecule has 0 spiro atoms. The van der Waals surface area contributed by atoms with Gasteiger partial charge in [0.05, 0.1) is 12.2 Å². The fourth-order valence-corrected chi connectivity index (χ4v) is 3.03. The smallest absolute Gasteiger partial charge is 0.251 e. The lowest BCUT2D eigenvalue weighted by molar-refractivity contribution is -0.121. The van der Waals surface area contributed by atoms with Gasteiger partial charge in [-0.15, -0.1) is 0 Å². The summed E-state index contributed by atoms with van der Waals surface area (Å²) in [6, 6.07) is 17.2. The number of aryl methyl sites for hydroxylation is 1. The summed E-state index contributed by atoms with van der Waals surface area (Å²) in [4.78, 5) is 30.7. The Bertz CT molecular complexity index is 986. The van der Waals surface area contributed by atoms with Crippen molar-refractivity contribution in [2.24, 2.45) is 0 Å². The Labute approximate surface area is 156 Å². The molecule has 1 heterocycles. The maximum Gasteiger partial charge on any atom is 0.251 e. The van der Waals surface area contributed by atoms with Crippen LogP contribution in [-0.4, -0.2) is 15.9 Å². The van der Waals surface area contributed by atoms with Gasteiger partial charge in [0.1, 0.15) is 11.6 Å². The molecule has 2 aromatic carbocycles. The second-order valence-corrected chi connectivity index (χ2v) is 6.29. The van der Waals surface area contributed by atoms with Gasteiger partial charge >= 0.3 is 0 Å². The predicted octanol–water partition coefficient (Wildman–Crippen LogP) is 3.06. The van der Waals surface area contributed by atoms with Crippen molar-refractivity contribution in [3.05, 3.63) is 99.5 Å². The van der Waals surface area contributed by atoms with Gasteiger partial charge in [0.2, 0.25) is 5.91 Å². The highest BCUT2D eigenvalue weighted by molar-refractivity contribution is 5.77. The number of aromatic amines is 1. The van der Waals surface area contributed by atoms with Crippen LogP contribution in [0.2, 0.25) is 0 Å². The molecule has 6 heteroatoms. The first-order valence-corrected chi connectivity index (χ1v) is 8.66. The Balaban J connectivity index is 1.77. The lowest BCUT2D eigenvalue weighted by atomic mass is 9.88. The molecule has 0 aliphatic carbocycles. The molecule has 2 N–H and O–H groups in total. The van der Waals surface area contributed by atoms with Gasteiger partial charge < -0.3 is 10.3 Å². The van der Waals surface area contributed by atoms with E-state index in [1.54, 1.807) is 25.1 Å². The van der Waals surface area contributed by atoms with Gasteiger partial charge in [-0.25, -0.2) is 9.37 Å². The van der Waals surface area contributed by atoms with Gasteiger partial charge in [-0.1, -0.05) is 48.5 Å². The number of hydrogen-bond donors (Lipinski definition) is 2. The van der Waals surface area contributed by atoms with E-state index >= 15 is 0 Å². The lowest BCUT2D eigenvalue weighted by Crippen LogP contribution is -2.26. The Morgan fingerprint density at radius 3 is 2.56 bits per heavy atom. The van der Waals surface area contributed by atoms with Crippen LogP contribution in [0.4, 0.5) is 4.39 Å². The second-order valence-electron chi connectivity index (χ2n) is 6.29. The summed E-state index contributed by atoms with van der Waals surface area (Å²) in [7, 11) is 0. The average molecular weight is 365 g/mol. The van der Waals surface area contributed by atoms with Gasteiger partial charge in [0.25, 0.3) is 5.56 Å². The van der Waals surface area contributed by atoms with Crippen LogP contribution < -0.4 is 10.9 Å². The number of H-pyrrole nitrogens is 1. The number of carbonyl (C=O) groups excluding carboxylic acids is 1. The number of benzene rings is 2. The number of hydrogen-bond acceptors (Lipinski definition) is 3. The normalized spacial score (nSPS) is 11.8. The summed E-state index contributed by atoms with van der Waals surface area (Å²) >= 11 is 0. The quantitative estimate of drug-likeness (QED) is 0.705. The van der Waals surface area contributed by atoms with Crippen LogP contribution in [0.5, 0.6) is 0 Å². The summed E-state index contributed by atoms with van der Waals surface area (Å²) in [5.74, 6) is -0.501. The maximum atomic E-state index is 14.3. The molecular formula is C21H20FN3O2. The highest BCUT2D eigenvalue weighted by atomic mass is 19.1. The molecule has 27 heavy (non-hydrogen) atoms. The molecular weight excluding hydrogens is 345 g/mol. The summed E-state index contributed by atoms with van der Waals surface area (Å²) < 4.78 is 14.3. The molecule has 0 saturated heterocycles. The van der Waals surface area contributed by atoms with Crippen LogP contribution in [0, 0.1) is 12.7 Å². The van der Waals surface area contributed by atoms with Crippen LogP contribution in [0.15, 0.2) is 65.5 Å². The first-order valence-electron chi connectivity index (χ1n) is 8.66. The summed E-state index contributed by atoms with van der Waals surface area (Å²) in [5, 5.41) is 2.77. The molecule has 3 aromatic rings. The fraction of sp³-hybridized carbons (Fsp3) is 0.190. The molecule has 1 atom stereocenters. The van der Waals surface area contributed by atoms with E-state index in [1.807, 2.05) is 30.3 Å². The third-order valence-electron chi connectivity index (χ3n) is 4.25. The fourth-order valence-electron chi connectivity index (χ4n) is 3.03. The highest BCUT2D eigenvalue weighted by Gasteiger charge is 2.21. The molecule has 5 nitrogen and oxygen atoms in total. The van der Waals surface area contributed by atoms with Crippen molar-refractivity contribution < 1.29 is 9.18 Å². The van der Waals surface area contributed by atoms with Crippen LogP contribution in [-0.2, 0) is 11.3 Å². The Hall–Kier alpha value is -3.28. The Morgan fingerprint density at radius 2 is 1.85 bits per heavy atom. The Kier molecular flexibility index (Phi) is 5.76. The number of rotatable bonds is 6. The van der Waals surface area contributed by atoms with Crippen molar-refractivity contribution in [1.29, 1.82) is 0 Å². The molecule has 1 amide bonds. The first kappa shape index (κ1) is 18.5. The molecule has 0 aliphatic rings. The largest absolute Gasteiger partial charge is 0.350 e. The Morgan fingerprint density at radius 1 is 1.15 bits per heavy atom. The zero-order valence-corrected chi connectivity index (χ0v) is 14.9. The lowest BCUT2D eigenvalue weighted by Gasteiger charge is -2.18. The van der Waals surface area contributed by atoms with E-state index in [9.17, 15) is 14.0 Å². The van der Waals surface area contributed by atoms with Crippen LogP contribution in [0.25, 0.3) is 0 Å². The van der Waals surface area contributed by atoms with E-state index in [2.05, 4.69) is 15.3 Å². The maximum absolute atomic E-state index is 14.3. The minimum Gasteiger partial charge on any atom is -0.350 e. The zero-order chi connectivity index (χ0) is 19.2. The standard InChI is InChI=1S/C21H20FN3O2/c1-14-24-16(11-21(27)25-14)13-23-20(26)12-18(15-7-3-2-4-8-15)17-9-5-6-10-19(17)22/h2-11,18H,12-13H2,1H3,(H,23,26)(H,24,25,27)/t18-/m1/s1. The van der Waals surface area contributed by atoms with E-state index < -0.39 is 5.92 Å². The van der Waals surface area contributed by atoms with Crippen LogP contribution in [0.1, 0.15) is 35.0 Å². The van der Waals surface area contributed by atoms with Crippen molar-refractivity contribution in [3.63, 3.8) is 0 Å². The molecule has 0 bridgehead atoms. The highest BCUT2D eigenvalue weighted by Crippen LogP contribution is 2.29. The van der Waals surface area contributed by atoms with Gasteiger partial charge in [-0.3, -0.25) is 9.59 Å². The second kappa shape index (κ2) is 8.40. The van der Waals surface area contributed by atoms with Crippen LogP contribution in [0.3, 0.4) is 0 Å². The topological polar surface area (TPSA) is 74.8 Å². The summed E-state index contributed by atoms with van der Waals surface area (Å²) in [5.41, 5.74) is 1.55. The summed E-state index contributed by atoms with van der Waals surface area (Å²) in [6.45, 7) is 1.82. The van der Waals surface area contributed by atoms with Gasteiger partial charge in [0, 0.05) is 18.4 Å². The van der Waals surface area contributed by atoms with Crippen molar-refractivity contribution >= 4 is 5.91 Å². The van der Waals surface area contributed by atoms with Crippen LogP contribution >= 0.6 is 0 Å². The molecule has 3 rings (SSSR count). The molecule has 0 unspecified atom stereocenters.